The van der Waals surface area contributed by atoms with Gasteiger partial charge in [0.05, 0.1) is 0 Å². The zero-order valence-corrected chi connectivity index (χ0v) is 8.98. The van der Waals surface area contributed by atoms with Gasteiger partial charge in [-0.2, -0.15) is 10.5 Å². The van der Waals surface area contributed by atoms with Crippen LogP contribution in [-0.2, 0) is 0 Å². The minimum atomic E-state index is 0.628. The fraction of sp³-hybridized carbons (Fsp3) is 0.273. The molecule has 0 bridgehead atoms. The molecule has 0 atom stereocenters. The number of nitriles is 2. The summed E-state index contributed by atoms with van der Waals surface area (Å²) >= 11 is 1.26. The lowest BCUT2D eigenvalue weighted by Gasteiger charge is -1.91. The summed E-state index contributed by atoms with van der Waals surface area (Å²) in [6, 6.07) is 4.22. The Balaban J connectivity index is 3.28. The topological polar surface area (TPSA) is 47.6 Å². The monoisotopic (exact) mass is 202 g/mol. The van der Waals surface area contributed by atoms with Crippen molar-refractivity contribution in [3.05, 3.63) is 27.0 Å². The normalized spacial score (nSPS) is 10.0. The Morgan fingerprint density at radius 3 is 2.43 bits per heavy atom. The molecule has 14 heavy (non-hydrogen) atoms. The predicted octanol–water partition coefficient (Wildman–Crippen LogP) is 3.22. The van der Waals surface area contributed by atoms with Gasteiger partial charge in [-0.3, -0.25) is 0 Å². The molecule has 1 rings (SSSR count). The predicted molar refractivity (Wildman–Crippen MR) is 57.8 cm³/mol. The lowest BCUT2D eigenvalue weighted by Crippen LogP contribution is -1.78. The van der Waals surface area contributed by atoms with Crippen LogP contribution in [0, 0.1) is 29.6 Å². The summed E-state index contributed by atoms with van der Waals surface area (Å²) in [5.41, 5.74) is 1.81. The number of allylic oxidation sites excluding steroid dienone is 1. The molecular weight excluding hydrogens is 192 g/mol. The second kappa shape index (κ2) is 4.60. The van der Waals surface area contributed by atoms with E-state index >= 15 is 0 Å². The van der Waals surface area contributed by atoms with E-state index in [2.05, 4.69) is 12.1 Å². The molecule has 0 aromatic carbocycles. The second-order valence-corrected chi connectivity index (χ2v) is 3.85. The number of hydrogen-bond acceptors (Lipinski definition) is 3. The van der Waals surface area contributed by atoms with Crippen molar-refractivity contribution in [3.63, 3.8) is 0 Å². The van der Waals surface area contributed by atoms with Gasteiger partial charge in [0.15, 0.2) is 0 Å². The smallest absolute Gasteiger partial charge is 0.113 e. The van der Waals surface area contributed by atoms with Crippen molar-refractivity contribution >= 4 is 17.4 Å². The van der Waals surface area contributed by atoms with E-state index in [1.54, 1.807) is 0 Å². The van der Waals surface area contributed by atoms with Crippen molar-refractivity contribution in [1.82, 2.24) is 0 Å². The number of rotatable bonds is 2. The van der Waals surface area contributed by atoms with Crippen LogP contribution in [0.25, 0.3) is 6.08 Å². The van der Waals surface area contributed by atoms with Crippen LogP contribution in [0.1, 0.15) is 34.2 Å². The second-order valence-electron chi connectivity index (χ2n) is 2.83. The van der Waals surface area contributed by atoms with E-state index in [1.165, 1.54) is 11.3 Å². The molecule has 1 aromatic rings. The average Bonchev–Trinajstić information content (AvgIpc) is 2.52. The van der Waals surface area contributed by atoms with Crippen LogP contribution in [0.2, 0.25) is 0 Å². The zero-order valence-electron chi connectivity index (χ0n) is 8.16. The van der Waals surface area contributed by atoms with E-state index in [-0.39, 0.29) is 0 Å². The van der Waals surface area contributed by atoms with E-state index in [0.717, 1.165) is 17.5 Å². The Morgan fingerprint density at radius 1 is 1.29 bits per heavy atom. The van der Waals surface area contributed by atoms with E-state index in [1.807, 2.05) is 26.0 Å². The van der Waals surface area contributed by atoms with Gasteiger partial charge in [0.2, 0.25) is 0 Å². The number of thiophene rings is 1. The Hall–Kier alpha value is -1.58. The van der Waals surface area contributed by atoms with Gasteiger partial charge >= 0.3 is 0 Å². The number of nitrogens with zero attached hydrogens (tertiary/aromatic N) is 2. The highest BCUT2D eigenvalue weighted by atomic mass is 32.1. The third-order valence-corrected chi connectivity index (χ3v) is 3.03. The van der Waals surface area contributed by atoms with Gasteiger partial charge in [0, 0.05) is 5.56 Å². The Kier molecular flexibility index (Phi) is 3.45. The fourth-order valence-electron chi connectivity index (χ4n) is 1.15. The average molecular weight is 202 g/mol. The Morgan fingerprint density at radius 2 is 1.93 bits per heavy atom. The highest BCUT2D eigenvalue weighted by molar-refractivity contribution is 7.13. The first kappa shape index (κ1) is 10.5. The molecule has 3 heteroatoms. The third-order valence-electron chi connectivity index (χ3n) is 1.92. The lowest BCUT2D eigenvalue weighted by molar-refractivity contribution is 1.23. The van der Waals surface area contributed by atoms with Gasteiger partial charge in [-0.05, 0) is 18.9 Å². The van der Waals surface area contributed by atoms with E-state index in [4.69, 9.17) is 10.5 Å². The first-order chi connectivity index (χ1) is 6.74. The van der Waals surface area contributed by atoms with Gasteiger partial charge in [0.1, 0.15) is 21.9 Å². The summed E-state index contributed by atoms with van der Waals surface area (Å²) < 4.78 is 0. The van der Waals surface area contributed by atoms with Crippen molar-refractivity contribution < 1.29 is 0 Å². The molecule has 0 aliphatic heterocycles. The number of hydrogen-bond donors (Lipinski definition) is 0. The van der Waals surface area contributed by atoms with Crippen LogP contribution >= 0.6 is 11.3 Å². The molecule has 0 aliphatic carbocycles. The molecule has 1 heterocycles. The molecule has 0 aliphatic rings. The molecule has 0 radical (unpaired) electrons. The van der Waals surface area contributed by atoms with E-state index in [0.29, 0.717) is 9.75 Å². The fourth-order valence-corrected chi connectivity index (χ4v) is 2.04. The van der Waals surface area contributed by atoms with Crippen molar-refractivity contribution in [3.8, 4) is 12.1 Å². The maximum Gasteiger partial charge on any atom is 0.113 e. The SMILES string of the molecule is CC/C=C\c1c(C#N)sc(C#N)c1C. The molecule has 0 saturated heterocycles. The van der Waals surface area contributed by atoms with Crippen LogP contribution < -0.4 is 0 Å². The summed E-state index contributed by atoms with van der Waals surface area (Å²) in [5.74, 6) is 0. The molecule has 0 amide bonds. The molecular formula is C11H10N2S. The third kappa shape index (κ3) is 1.84. The lowest BCUT2D eigenvalue weighted by atomic mass is 10.1. The molecule has 1 aromatic heterocycles. The summed E-state index contributed by atoms with van der Waals surface area (Å²) in [4.78, 5) is 1.26. The molecule has 0 saturated carbocycles. The Bertz CT molecular complexity index is 441. The maximum atomic E-state index is 8.87. The summed E-state index contributed by atoms with van der Waals surface area (Å²) in [6.45, 7) is 3.92. The van der Waals surface area contributed by atoms with E-state index in [9.17, 15) is 0 Å². The van der Waals surface area contributed by atoms with Crippen LogP contribution in [-0.4, -0.2) is 0 Å². The largest absolute Gasteiger partial charge is 0.192 e. The minimum absolute atomic E-state index is 0.628. The van der Waals surface area contributed by atoms with Gasteiger partial charge < -0.3 is 0 Å². The zero-order chi connectivity index (χ0) is 10.6. The summed E-state index contributed by atoms with van der Waals surface area (Å²) in [6.07, 6.45) is 4.85. The molecule has 70 valence electrons. The van der Waals surface area contributed by atoms with Gasteiger partial charge in [-0.1, -0.05) is 19.1 Å². The summed E-state index contributed by atoms with van der Waals surface area (Å²) in [7, 11) is 0. The van der Waals surface area contributed by atoms with Gasteiger partial charge in [-0.15, -0.1) is 11.3 Å². The molecule has 2 nitrogen and oxygen atoms in total. The first-order valence-electron chi connectivity index (χ1n) is 4.34. The van der Waals surface area contributed by atoms with Crippen LogP contribution in [0.4, 0.5) is 0 Å². The summed E-state index contributed by atoms with van der Waals surface area (Å²) in [5, 5.41) is 17.7. The molecule has 0 fully saturated rings. The van der Waals surface area contributed by atoms with Crippen LogP contribution in [0.5, 0.6) is 0 Å². The first-order valence-corrected chi connectivity index (χ1v) is 5.16. The van der Waals surface area contributed by atoms with Gasteiger partial charge in [0.25, 0.3) is 0 Å². The minimum Gasteiger partial charge on any atom is -0.192 e. The van der Waals surface area contributed by atoms with Crippen molar-refractivity contribution in [2.24, 2.45) is 0 Å². The molecule has 0 unspecified atom stereocenters. The van der Waals surface area contributed by atoms with E-state index < -0.39 is 0 Å². The molecule has 0 spiro atoms. The van der Waals surface area contributed by atoms with Crippen LogP contribution in [0.15, 0.2) is 6.08 Å². The molecule has 0 N–H and O–H groups in total. The highest BCUT2D eigenvalue weighted by Gasteiger charge is 2.11. The maximum absolute atomic E-state index is 8.87. The highest BCUT2D eigenvalue weighted by Crippen LogP contribution is 2.27. The van der Waals surface area contributed by atoms with Crippen molar-refractivity contribution in [2.45, 2.75) is 20.3 Å². The van der Waals surface area contributed by atoms with Crippen LogP contribution in [0.3, 0.4) is 0 Å². The standard InChI is InChI=1S/C11H10N2S/c1-3-4-5-9-8(2)10(6-12)14-11(9)7-13/h4-5H,3H2,1-2H3/b5-4-. The van der Waals surface area contributed by atoms with Crippen molar-refractivity contribution in [2.75, 3.05) is 0 Å². The van der Waals surface area contributed by atoms with Crippen molar-refractivity contribution in [1.29, 1.82) is 10.5 Å². The Labute approximate surface area is 87.7 Å². The quantitative estimate of drug-likeness (QED) is 0.739. The van der Waals surface area contributed by atoms with Gasteiger partial charge in [-0.25, -0.2) is 0 Å².